The predicted octanol–water partition coefficient (Wildman–Crippen LogP) is 6.76. The molecule has 0 rings (SSSR count). The molecule has 0 atom stereocenters. The molecule has 0 bridgehead atoms. The van der Waals surface area contributed by atoms with E-state index in [1.807, 2.05) is 0 Å². The minimum Gasteiger partial charge on any atom is -0.396 e. The third-order valence-corrected chi connectivity index (χ3v) is 4.67. The van der Waals surface area contributed by atoms with Crippen molar-refractivity contribution in [3.8, 4) is 0 Å². The minimum absolute atomic E-state index is 0. The van der Waals surface area contributed by atoms with Crippen LogP contribution in [0.25, 0.3) is 0 Å². The summed E-state index contributed by atoms with van der Waals surface area (Å²) in [5.41, 5.74) is 0. The van der Waals surface area contributed by atoms with Crippen LogP contribution in [0.1, 0.15) is 103 Å². The number of rotatable bonds is 19. The second kappa shape index (κ2) is 23.9. The highest BCUT2D eigenvalue weighted by Crippen LogP contribution is 2.11. The number of hydrogen-bond donors (Lipinski definition) is 1. The molecule has 0 aromatic heterocycles. The lowest BCUT2D eigenvalue weighted by Gasteiger charge is -2.08. The Bertz CT molecular complexity index is 256. The molecule has 0 radical (unpaired) electrons. The van der Waals surface area contributed by atoms with Crippen LogP contribution in [-0.4, -0.2) is 37.3 Å². The van der Waals surface area contributed by atoms with Gasteiger partial charge in [0, 0.05) is 6.61 Å². The van der Waals surface area contributed by atoms with Crippen molar-refractivity contribution in [1.29, 1.82) is 0 Å². The Hall–Kier alpha value is -0.0500. The lowest BCUT2D eigenvalue weighted by atomic mass is 10.1. The fraction of sp³-hybridized carbons (Fsp3) is 0.909. The summed E-state index contributed by atoms with van der Waals surface area (Å²) >= 11 is 0. The van der Waals surface area contributed by atoms with Crippen molar-refractivity contribution in [3.05, 3.63) is 12.2 Å². The molecule has 0 unspecified atom stereocenters. The molecular weight excluding hydrogens is 330 g/mol. The van der Waals surface area contributed by atoms with E-state index >= 15 is 0 Å². The van der Waals surface area contributed by atoms with Crippen LogP contribution in [-0.2, 0) is 0 Å². The normalized spacial score (nSPS) is 11.4. The fourth-order valence-corrected chi connectivity index (χ4v) is 3.07. The molecule has 0 heterocycles. The highest BCUT2D eigenvalue weighted by molar-refractivity contribution is 5.85. The molecule has 0 aliphatic rings. The van der Waals surface area contributed by atoms with Gasteiger partial charge in [0.25, 0.3) is 0 Å². The molecule has 0 saturated heterocycles. The maximum absolute atomic E-state index is 8.71. The summed E-state index contributed by atoms with van der Waals surface area (Å²) in [6.45, 7) is 1.61. The predicted molar refractivity (Wildman–Crippen MR) is 116 cm³/mol. The van der Waals surface area contributed by atoms with Gasteiger partial charge in [-0.25, -0.2) is 0 Å². The summed E-state index contributed by atoms with van der Waals surface area (Å²) in [5, 5.41) is 8.71. The van der Waals surface area contributed by atoms with Crippen LogP contribution in [0.3, 0.4) is 0 Å². The van der Waals surface area contributed by atoms with Gasteiger partial charge in [-0.2, -0.15) is 0 Å². The van der Waals surface area contributed by atoms with Crippen LogP contribution in [0.5, 0.6) is 0 Å². The van der Waals surface area contributed by atoms with E-state index in [9.17, 15) is 0 Å². The Labute approximate surface area is 164 Å². The van der Waals surface area contributed by atoms with Crippen molar-refractivity contribution >= 4 is 12.4 Å². The van der Waals surface area contributed by atoms with Crippen LogP contribution in [0.4, 0.5) is 0 Å². The van der Waals surface area contributed by atoms with E-state index in [1.165, 1.54) is 103 Å². The zero-order chi connectivity index (χ0) is 17.7. The Morgan fingerprint density at radius 1 is 0.560 bits per heavy atom. The summed E-state index contributed by atoms with van der Waals surface area (Å²) in [6, 6.07) is 0. The monoisotopic (exact) mass is 375 g/mol. The molecule has 0 fully saturated rings. The third kappa shape index (κ3) is 26.3. The quantitative estimate of drug-likeness (QED) is 0.199. The Balaban J connectivity index is 0. The van der Waals surface area contributed by atoms with E-state index < -0.39 is 0 Å². The standard InChI is InChI=1S/C22H45NO.ClH/c1-23(2)21-19-17-15-13-11-9-7-5-3-4-6-8-10-12-14-16-18-20-22-24;/h3,5,24H,4,6-22H2,1-2H3;1H/b5-3-;. The number of unbranched alkanes of at least 4 members (excludes halogenated alkanes) is 14. The largest absolute Gasteiger partial charge is 0.396 e. The van der Waals surface area contributed by atoms with E-state index in [1.54, 1.807) is 0 Å². The van der Waals surface area contributed by atoms with Gasteiger partial charge in [-0.15, -0.1) is 12.4 Å². The minimum atomic E-state index is 0. The maximum Gasteiger partial charge on any atom is 0.0431 e. The third-order valence-electron chi connectivity index (χ3n) is 4.67. The second-order valence-electron chi connectivity index (χ2n) is 7.53. The van der Waals surface area contributed by atoms with Crippen LogP contribution >= 0.6 is 12.4 Å². The number of aliphatic hydroxyl groups is 1. The Morgan fingerprint density at radius 3 is 1.32 bits per heavy atom. The first-order chi connectivity index (χ1) is 11.8. The average Bonchev–Trinajstić information content (AvgIpc) is 2.56. The van der Waals surface area contributed by atoms with Crippen molar-refractivity contribution in [1.82, 2.24) is 4.90 Å². The SMILES string of the molecule is CN(C)CCCCCCCC/C=C\CCCCCCCCCCO.Cl. The fourth-order valence-electron chi connectivity index (χ4n) is 3.07. The number of halogens is 1. The zero-order valence-electron chi connectivity index (χ0n) is 17.2. The van der Waals surface area contributed by atoms with Crippen LogP contribution in [0.2, 0.25) is 0 Å². The summed E-state index contributed by atoms with van der Waals surface area (Å²) in [7, 11) is 4.32. The number of allylic oxidation sites excluding steroid dienone is 2. The van der Waals surface area contributed by atoms with E-state index in [0.717, 1.165) is 6.42 Å². The van der Waals surface area contributed by atoms with Gasteiger partial charge in [0.05, 0.1) is 0 Å². The van der Waals surface area contributed by atoms with Crippen molar-refractivity contribution < 1.29 is 5.11 Å². The van der Waals surface area contributed by atoms with E-state index in [2.05, 4.69) is 31.1 Å². The molecule has 0 spiro atoms. The number of hydrogen-bond acceptors (Lipinski definition) is 2. The lowest BCUT2D eigenvalue weighted by molar-refractivity contribution is 0.282. The molecular formula is C22H46ClNO. The molecule has 0 amide bonds. The van der Waals surface area contributed by atoms with E-state index in [4.69, 9.17) is 5.11 Å². The van der Waals surface area contributed by atoms with Crippen LogP contribution in [0.15, 0.2) is 12.2 Å². The highest BCUT2D eigenvalue weighted by Gasteiger charge is 1.93. The maximum atomic E-state index is 8.71. The van der Waals surface area contributed by atoms with E-state index in [0.29, 0.717) is 6.61 Å². The first-order valence-electron chi connectivity index (χ1n) is 10.7. The molecule has 0 aliphatic carbocycles. The first kappa shape index (κ1) is 27.2. The van der Waals surface area contributed by atoms with Gasteiger partial charge in [-0.3, -0.25) is 0 Å². The molecule has 1 N–H and O–H groups in total. The van der Waals surface area contributed by atoms with Gasteiger partial charge in [0.1, 0.15) is 0 Å². The molecule has 0 aromatic rings. The average molecular weight is 376 g/mol. The summed E-state index contributed by atoms with van der Waals surface area (Å²) in [4.78, 5) is 2.28. The smallest absolute Gasteiger partial charge is 0.0431 e. The van der Waals surface area contributed by atoms with Gasteiger partial charge in [0.2, 0.25) is 0 Å². The van der Waals surface area contributed by atoms with Gasteiger partial charge in [0.15, 0.2) is 0 Å². The van der Waals surface area contributed by atoms with Gasteiger partial charge < -0.3 is 10.0 Å². The lowest BCUT2D eigenvalue weighted by Crippen LogP contribution is -2.12. The van der Waals surface area contributed by atoms with Crippen molar-refractivity contribution in [2.24, 2.45) is 0 Å². The molecule has 25 heavy (non-hydrogen) atoms. The van der Waals surface area contributed by atoms with Crippen LogP contribution in [0, 0.1) is 0 Å². The van der Waals surface area contributed by atoms with E-state index in [-0.39, 0.29) is 12.4 Å². The number of aliphatic hydroxyl groups excluding tert-OH is 1. The molecule has 152 valence electrons. The Morgan fingerprint density at radius 2 is 0.920 bits per heavy atom. The van der Waals surface area contributed by atoms with Crippen LogP contribution < -0.4 is 0 Å². The zero-order valence-corrected chi connectivity index (χ0v) is 18.0. The molecule has 0 aromatic carbocycles. The van der Waals surface area contributed by atoms with Crippen molar-refractivity contribution in [2.45, 2.75) is 103 Å². The van der Waals surface area contributed by atoms with Gasteiger partial charge in [-0.1, -0.05) is 76.4 Å². The topological polar surface area (TPSA) is 23.5 Å². The molecule has 0 aliphatic heterocycles. The second-order valence-corrected chi connectivity index (χ2v) is 7.53. The Kier molecular flexibility index (Phi) is 26.0. The number of nitrogens with zero attached hydrogens (tertiary/aromatic N) is 1. The molecule has 3 heteroatoms. The first-order valence-corrected chi connectivity index (χ1v) is 10.7. The summed E-state index contributed by atoms with van der Waals surface area (Å²) in [6.07, 6.45) is 26.1. The highest BCUT2D eigenvalue weighted by atomic mass is 35.5. The summed E-state index contributed by atoms with van der Waals surface area (Å²) < 4.78 is 0. The molecule has 0 saturated carbocycles. The summed E-state index contributed by atoms with van der Waals surface area (Å²) in [5.74, 6) is 0. The van der Waals surface area contributed by atoms with Crippen molar-refractivity contribution in [3.63, 3.8) is 0 Å². The molecule has 2 nitrogen and oxygen atoms in total. The van der Waals surface area contributed by atoms with Gasteiger partial charge in [-0.05, 0) is 59.2 Å². The van der Waals surface area contributed by atoms with Gasteiger partial charge >= 0.3 is 0 Å². The van der Waals surface area contributed by atoms with Crippen molar-refractivity contribution in [2.75, 3.05) is 27.2 Å².